The van der Waals surface area contributed by atoms with Crippen molar-refractivity contribution in [3.63, 3.8) is 0 Å². The third-order valence-electron chi connectivity index (χ3n) is 15.4. The predicted molar refractivity (Wildman–Crippen MR) is 346 cm³/mol. The van der Waals surface area contributed by atoms with E-state index in [0.717, 1.165) is 0 Å². The molecule has 0 saturated carbocycles. The molecular weight excluding hydrogens is 1050 g/mol. The van der Waals surface area contributed by atoms with Crippen LogP contribution in [0.3, 0.4) is 0 Å². The Morgan fingerprint density at radius 3 is 0.273 bits per heavy atom. The summed E-state index contributed by atoms with van der Waals surface area (Å²) >= 11 is 0. The molecule has 0 bridgehead atoms. The third-order valence-corrected chi connectivity index (χ3v) is 93.6. The summed E-state index contributed by atoms with van der Waals surface area (Å²) in [7, 11) is -3.53. The Morgan fingerprint density at radius 2 is 0.195 bits per heavy atom. The summed E-state index contributed by atoms with van der Waals surface area (Å²) in [6.45, 7) is 0. The number of hydrogen-bond acceptors (Lipinski definition) is 0. The van der Waals surface area contributed by atoms with Crippen molar-refractivity contribution in [3.05, 3.63) is 364 Å². The fourth-order valence-corrected chi connectivity index (χ4v) is 134. The summed E-state index contributed by atoms with van der Waals surface area (Å²) in [6.07, 6.45) is 0. The minimum atomic E-state index is -3.96. The molecule has 0 nitrogen and oxygen atoms in total. The van der Waals surface area contributed by atoms with Gasteiger partial charge in [0.1, 0.15) is 0 Å². The molecule has 0 N–H and O–H groups in total. The predicted octanol–water partition coefficient (Wildman–Crippen LogP) is 12.7. The van der Waals surface area contributed by atoms with E-state index in [1.54, 1.807) is 0 Å². The average Bonchev–Trinajstić information content (AvgIpc) is 3.71. The van der Waals surface area contributed by atoms with Crippen LogP contribution in [0.25, 0.3) is 0 Å². The summed E-state index contributed by atoms with van der Waals surface area (Å²) in [5, 5.41) is 17.2. The van der Waals surface area contributed by atoms with Gasteiger partial charge in [-0.1, -0.05) is 0 Å². The maximum absolute atomic E-state index is 3.96. The molecule has 12 rings (SSSR count). The SMILES string of the molecule is c1ccc([PH](c2ccccc2)(c2ccccc2)[Co]([PH](c2ccccc2)(c2ccccc2)c2ccccc2)([PH](c2ccccc2)(c2ccccc2)c2ccccc2)[PH](c2ccccc2)(c2ccccc2)c2ccccc2)cc1. The van der Waals surface area contributed by atoms with Crippen LogP contribution in [0.1, 0.15) is 0 Å². The molecule has 0 heterocycles. The van der Waals surface area contributed by atoms with E-state index in [2.05, 4.69) is 364 Å². The van der Waals surface area contributed by atoms with E-state index < -0.39 is 34.8 Å². The first-order chi connectivity index (χ1) is 38.3. The van der Waals surface area contributed by atoms with Crippen molar-refractivity contribution in [1.29, 1.82) is 0 Å². The summed E-state index contributed by atoms with van der Waals surface area (Å²) in [6, 6.07) is 146. The molecule has 0 radical (unpaired) electrons. The molecule has 0 saturated heterocycles. The zero-order valence-corrected chi connectivity index (χ0v) is 48.0. The summed E-state index contributed by atoms with van der Waals surface area (Å²) < 4.78 is 0. The second kappa shape index (κ2) is 22.4. The first-order valence-electron chi connectivity index (χ1n) is 26.6. The topological polar surface area (TPSA) is 0 Å². The molecule has 0 amide bonds. The van der Waals surface area contributed by atoms with Gasteiger partial charge in [0.05, 0.1) is 0 Å². The van der Waals surface area contributed by atoms with Gasteiger partial charge < -0.3 is 0 Å². The van der Waals surface area contributed by atoms with Gasteiger partial charge in [0.25, 0.3) is 0 Å². The fraction of sp³-hybridized carbons (Fsp3) is 0. The molecule has 0 aliphatic rings. The van der Waals surface area contributed by atoms with E-state index in [4.69, 9.17) is 0 Å². The number of hydrogen-bond donors (Lipinski definition) is 0. The van der Waals surface area contributed by atoms with Crippen molar-refractivity contribution in [2.45, 2.75) is 0 Å². The minimum absolute atomic E-state index is 1.43. The summed E-state index contributed by atoms with van der Waals surface area (Å²) in [5.74, 6) is -15.8. The Balaban J connectivity index is 1.64. The van der Waals surface area contributed by atoms with Crippen LogP contribution in [-0.2, 0) is 10.9 Å². The van der Waals surface area contributed by atoms with E-state index in [1.807, 2.05) is 0 Å². The molecule has 0 atom stereocenters. The third kappa shape index (κ3) is 7.94. The van der Waals surface area contributed by atoms with Gasteiger partial charge in [0, 0.05) is 0 Å². The molecule has 77 heavy (non-hydrogen) atoms. The van der Waals surface area contributed by atoms with E-state index in [1.165, 1.54) is 63.7 Å². The molecule has 5 heteroatoms. The van der Waals surface area contributed by atoms with Gasteiger partial charge in [0.2, 0.25) is 0 Å². The van der Waals surface area contributed by atoms with Gasteiger partial charge in [-0.15, -0.1) is 0 Å². The Bertz CT molecular complexity index is 2860. The molecule has 0 aliphatic carbocycles. The molecule has 0 aromatic heterocycles. The van der Waals surface area contributed by atoms with Gasteiger partial charge >= 0.3 is 462 Å². The molecule has 12 aromatic carbocycles. The Morgan fingerprint density at radius 1 is 0.117 bits per heavy atom. The Hall–Kier alpha value is -7.13. The second-order valence-corrected chi connectivity index (χ2v) is 58.7. The van der Waals surface area contributed by atoms with Crippen molar-refractivity contribution in [3.8, 4) is 0 Å². The van der Waals surface area contributed by atoms with Crippen LogP contribution in [0.15, 0.2) is 364 Å². The van der Waals surface area contributed by atoms with Crippen LogP contribution < -0.4 is 63.7 Å². The van der Waals surface area contributed by atoms with Gasteiger partial charge in [-0.05, 0) is 0 Å². The molecule has 0 unspecified atom stereocenters. The van der Waals surface area contributed by atoms with Crippen molar-refractivity contribution in [2.75, 3.05) is 0 Å². The first-order valence-corrected chi connectivity index (χ1v) is 40.2. The monoisotopic (exact) mass is 1110 g/mol. The fourth-order valence-electron chi connectivity index (χ4n) is 12.8. The van der Waals surface area contributed by atoms with Gasteiger partial charge in [-0.2, -0.15) is 0 Å². The zero-order valence-electron chi connectivity index (χ0n) is 43.0. The maximum atomic E-state index is 2.58. The van der Waals surface area contributed by atoms with Crippen LogP contribution in [0.2, 0.25) is 0 Å². The molecule has 12 aromatic rings. The van der Waals surface area contributed by atoms with E-state index in [0.29, 0.717) is 0 Å². The molecule has 381 valence electrons. The second-order valence-electron chi connectivity index (χ2n) is 19.4. The van der Waals surface area contributed by atoms with Gasteiger partial charge in [-0.3, -0.25) is 0 Å². The Labute approximate surface area is 459 Å². The van der Waals surface area contributed by atoms with Crippen LogP contribution in [-0.4, -0.2) is 0 Å². The van der Waals surface area contributed by atoms with Gasteiger partial charge in [0.15, 0.2) is 0 Å². The van der Waals surface area contributed by atoms with Crippen molar-refractivity contribution in [1.82, 2.24) is 0 Å². The quantitative estimate of drug-likeness (QED) is 0.0846. The molecular formula is C72H64CoP4. The van der Waals surface area contributed by atoms with Crippen LogP contribution >= 0.6 is 24.0 Å². The zero-order chi connectivity index (χ0) is 51.9. The Kier molecular flexibility index (Phi) is 14.8. The van der Waals surface area contributed by atoms with E-state index in [-0.39, 0.29) is 0 Å². The average molecular weight is 1110 g/mol. The van der Waals surface area contributed by atoms with Gasteiger partial charge in [-0.25, -0.2) is 0 Å². The standard InChI is InChI=1S/4C18H15P.Co/c4*1-4-10-16(11-5-1)19(17-12-6-2-7-13-17)18-14-8-3-9-15-18;/h4*1-15H;/q;;;;-4/p+4. The summed E-state index contributed by atoms with van der Waals surface area (Å²) in [5.41, 5.74) is 0. The normalized spacial score (nSPS) is 14.0. The van der Waals surface area contributed by atoms with E-state index in [9.17, 15) is 0 Å². The van der Waals surface area contributed by atoms with Crippen LogP contribution in [0.5, 0.6) is 0 Å². The van der Waals surface area contributed by atoms with E-state index >= 15 is 0 Å². The molecule has 0 aliphatic heterocycles. The van der Waals surface area contributed by atoms with Crippen molar-refractivity contribution >= 4 is 87.6 Å². The van der Waals surface area contributed by atoms with Crippen LogP contribution in [0, 0.1) is 0 Å². The number of benzene rings is 12. The van der Waals surface area contributed by atoms with Crippen molar-refractivity contribution < 1.29 is 10.9 Å². The van der Waals surface area contributed by atoms with Crippen LogP contribution in [0.4, 0.5) is 0 Å². The van der Waals surface area contributed by atoms with Crippen molar-refractivity contribution in [2.24, 2.45) is 0 Å². The number of rotatable bonds is 16. The summed E-state index contributed by atoms with van der Waals surface area (Å²) in [4.78, 5) is 0. The molecule has 0 fully saturated rings. The first kappa shape index (κ1) is 50.7. The molecule has 0 spiro atoms.